The molecule has 1 aliphatic heterocycles. The normalized spacial score (nSPS) is 17.1. The van der Waals surface area contributed by atoms with E-state index in [1.807, 2.05) is 43.3 Å². The summed E-state index contributed by atoms with van der Waals surface area (Å²) in [6.07, 6.45) is 2.76. The SMILES string of the molecule is Cc1ccc(C(=O)NC[C@@H](c2ccco2)[NH+]2CCc3ccccc3C2)cc1. The number of carbonyl (C=O) groups is 1. The van der Waals surface area contributed by atoms with E-state index in [0.29, 0.717) is 12.1 Å². The predicted octanol–water partition coefficient (Wildman–Crippen LogP) is 2.70. The molecule has 3 aromatic rings. The van der Waals surface area contributed by atoms with Gasteiger partial charge in [0.15, 0.2) is 11.8 Å². The van der Waals surface area contributed by atoms with Gasteiger partial charge in [-0.2, -0.15) is 0 Å². The van der Waals surface area contributed by atoms with Crippen LogP contribution in [0, 0.1) is 6.92 Å². The highest BCUT2D eigenvalue weighted by Crippen LogP contribution is 2.15. The van der Waals surface area contributed by atoms with Gasteiger partial charge in [0.2, 0.25) is 0 Å². The van der Waals surface area contributed by atoms with Crippen molar-refractivity contribution >= 4 is 5.91 Å². The third-order valence-corrected chi connectivity index (χ3v) is 5.41. The third kappa shape index (κ3) is 3.96. The molecular weight excluding hydrogens is 336 g/mol. The molecule has 0 spiro atoms. The Morgan fingerprint density at radius 1 is 1.07 bits per heavy atom. The van der Waals surface area contributed by atoms with Crippen molar-refractivity contribution in [2.24, 2.45) is 0 Å². The molecule has 2 heterocycles. The van der Waals surface area contributed by atoms with E-state index in [4.69, 9.17) is 4.42 Å². The topological polar surface area (TPSA) is 46.7 Å². The second kappa shape index (κ2) is 7.80. The van der Waals surface area contributed by atoms with E-state index in [0.717, 1.165) is 30.8 Å². The van der Waals surface area contributed by atoms with E-state index >= 15 is 0 Å². The van der Waals surface area contributed by atoms with Crippen molar-refractivity contribution in [3.8, 4) is 0 Å². The van der Waals surface area contributed by atoms with Crippen LogP contribution in [0.3, 0.4) is 0 Å². The quantitative estimate of drug-likeness (QED) is 0.734. The smallest absolute Gasteiger partial charge is 0.251 e. The highest BCUT2D eigenvalue weighted by atomic mass is 16.3. The van der Waals surface area contributed by atoms with Crippen molar-refractivity contribution in [2.75, 3.05) is 13.1 Å². The monoisotopic (exact) mass is 361 g/mol. The number of hydrogen-bond donors (Lipinski definition) is 2. The van der Waals surface area contributed by atoms with Gasteiger partial charge in [-0.15, -0.1) is 0 Å². The number of fused-ring (bicyclic) bond motifs is 1. The van der Waals surface area contributed by atoms with E-state index in [1.54, 1.807) is 6.26 Å². The summed E-state index contributed by atoms with van der Waals surface area (Å²) in [6.45, 7) is 4.55. The minimum atomic E-state index is -0.0386. The Kier molecular flexibility index (Phi) is 5.07. The summed E-state index contributed by atoms with van der Waals surface area (Å²) in [7, 11) is 0. The Morgan fingerprint density at radius 2 is 1.85 bits per heavy atom. The number of furan rings is 1. The molecule has 0 saturated heterocycles. The summed E-state index contributed by atoms with van der Waals surface area (Å²) in [5, 5.41) is 3.11. The van der Waals surface area contributed by atoms with Gasteiger partial charge in [-0.25, -0.2) is 0 Å². The number of benzene rings is 2. The van der Waals surface area contributed by atoms with E-state index in [-0.39, 0.29) is 11.9 Å². The fraction of sp³-hybridized carbons (Fsp3) is 0.261. The molecule has 1 amide bonds. The van der Waals surface area contributed by atoms with E-state index in [2.05, 4.69) is 29.6 Å². The Morgan fingerprint density at radius 3 is 2.59 bits per heavy atom. The van der Waals surface area contributed by atoms with Crippen LogP contribution in [0.2, 0.25) is 0 Å². The molecule has 0 fully saturated rings. The summed E-state index contributed by atoms with van der Waals surface area (Å²) in [5.41, 5.74) is 4.66. The molecule has 4 nitrogen and oxygen atoms in total. The molecule has 0 radical (unpaired) electrons. The molecule has 2 atom stereocenters. The van der Waals surface area contributed by atoms with Crippen LogP contribution in [0.4, 0.5) is 0 Å². The van der Waals surface area contributed by atoms with Crippen LogP contribution >= 0.6 is 0 Å². The van der Waals surface area contributed by atoms with Gasteiger partial charge >= 0.3 is 0 Å². The zero-order valence-electron chi connectivity index (χ0n) is 15.6. The molecule has 2 N–H and O–H groups in total. The van der Waals surface area contributed by atoms with Gasteiger partial charge in [-0.1, -0.05) is 42.0 Å². The first kappa shape index (κ1) is 17.6. The molecule has 4 rings (SSSR count). The first-order valence-electron chi connectivity index (χ1n) is 9.50. The molecule has 4 heteroatoms. The van der Waals surface area contributed by atoms with Gasteiger partial charge in [-0.05, 0) is 36.8 Å². The second-order valence-electron chi connectivity index (χ2n) is 7.25. The van der Waals surface area contributed by atoms with E-state index < -0.39 is 0 Å². The molecule has 1 aromatic heterocycles. The van der Waals surface area contributed by atoms with Crippen LogP contribution in [0.15, 0.2) is 71.3 Å². The maximum absolute atomic E-state index is 12.6. The first-order valence-corrected chi connectivity index (χ1v) is 9.50. The Bertz CT molecular complexity index is 900. The van der Waals surface area contributed by atoms with Gasteiger partial charge in [0.05, 0.1) is 19.4 Å². The van der Waals surface area contributed by atoms with Crippen LogP contribution in [-0.4, -0.2) is 19.0 Å². The number of aryl methyl sites for hydroxylation is 1. The number of carbonyl (C=O) groups excluding carboxylic acids is 1. The van der Waals surface area contributed by atoms with Crippen LogP contribution < -0.4 is 10.2 Å². The molecule has 0 aliphatic carbocycles. The van der Waals surface area contributed by atoms with E-state index in [9.17, 15) is 4.79 Å². The summed E-state index contributed by atoms with van der Waals surface area (Å²) in [4.78, 5) is 14.0. The highest BCUT2D eigenvalue weighted by Gasteiger charge is 2.30. The van der Waals surface area contributed by atoms with Crippen molar-refractivity contribution in [3.05, 3.63) is 94.9 Å². The summed E-state index contributed by atoms with van der Waals surface area (Å²) in [5.74, 6) is 0.886. The summed E-state index contributed by atoms with van der Waals surface area (Å²) < 4.78 is 5.72. The fourth-order valence-corrected chi connectivity index (χ4v) is 3.84. The summed E-state index contributed by atoms with van der Waals surface area (Å²) >= 11 is 0. The molecule has 1 aliphatic rings. The third-order valence-electron chi connectivity index (χ3n) is 5.41. The van der Waals surface area contributed by atoms with Crippen molar-refractivity contribution in [1.29, 1.82) is 0 Å². The van der Waals surface area contributed by atoms with E-state index in [1.165, 1.54) is 16.0 Å². The number of amides is 1. The molecule has 2 aromatic carbocycles. The lowest BCUT2D eigenvalue weighted by Gasteiger charge is -2.31. The molecule has 1 unspecified atom stereocenters. The summed E-state index contributed by atoms with van der Waals surface area (Å²) in [6, 6.07) is 20.3. The Balaban J connectivity index is 1.49. The predicted molar refractivity (Wildman–Crippen MR) is 105 cm³/mol. The number of nitrogens with one attached hydrogen (secondary N) is 2. The van der Waals surface area contributed by atoms with Gasteiger partial charge in [0.1, 0.15) is 6.54 Å². The number of rotatable bonds is 5. The molecule has 0 saturated carbocycles. The van der Waals surface area contributed by atoms with Crippen molar-refractivity contribution in [3.63, 3.8) is 0 Å². The molecule has 138 valence electrons. The van der Waals surface area contributed by atoms with Gasteiger partial charge < -0.3 is 14.6 Å². The Labute approximate surface area is 159 Å². The standard InChI is InChI=1S/C23H24N2O2/c1-17-8-10-19(11-9-17)23(26)24-15-21(22-7-4-14-27-22)25-13-12-18-5-2-3-6-20(18)16-25/h2-11,14,21H,12-13,15-16H2,1H3,(H,24,26)/p+1/t21-/m0/s1. The first-order chi connectivity index (χ1) is 13.2. The maximum Gasteiger partial charge on any atom is 0.251 e. The second-order valence-corrected chi connectivity index (χ2v) is 7.25. The average molecular weight is 361 g/mol. The molecule has 27 heavy (non-hydrogen) atoms. The molecule has 0 bridgehead atoms. The van der Waals surface area contributed by atoms with Crippen molar-refractivity contribution in [1.82, 2.24) is 5.32 Å². The van der Waals surface area contributed by atoms with Gasteiger partial charge in [0, 0.05) is 17.5 Å². The zero-order valence-corrected chi connectivity index (χ0v) is 15.6. The van der Waals surface area contributed by atoms with Crippen LogP contribution in [0.25, 0.3) is 0 Å². The lowest BCUT2D eigenvalue weighted by molar-refractivity contribution is -0.946. The Hall–Kier alpha value is -2.85. The van der Waals surface area contributed by atoms with Gasteiger partial charge in [0.25, 0.3) is 5.91 Å². The van der Waals surface area contributed by atoms with Crippen LogP contribution in [0.5, 0.6) is 0 Å². The van der Waals surface area contributed by atoms with Crippen LogP contribution in [-0.2, 0) is 13.0 Å². The minimum absolute atomic E-state index is 0.0386. The molecular formula is C23H25N2O2+. The van der Waals surface area contributed by atoms with Crippen molar-refractivity contribution < 1.29 is 14.1 Å². The zero-order chi connectivity index (χ0) is 18.6. The lowest BCUT2D eigenvalue weighted by Crippen LogP contribution is -3.12. The number of hydrogen-bond acceptors (Lipinski definition) is 2. The van der Waals surface area contributed by atoms with Gasteiger partial charge in [-0.3, -0.25) is 4.79 Å². The number of quaternary nitrogens is 1. The highest BCUT2D eigenvalue weighted by molar-refractivity contribution is 5.94. The van der Waals surface area contributed by atoms with Crippen molar-refractivity contribution in [2.45, 2.75) is 25.9 Å². The van der Waals surface area contributed by atoms with Crippen LogP contribution in [0.1, 0.15) is 38.9 Å². The fourth-order valence-electron chi connectivity index (χ4n) is 3.84. The lowest BCUT2D eigenvalue weighted by atomic mass is 9.98. The maximum atomic E-state index is 12.6. The average Bonchev–Trinajstić information content (AvgIpc) is 3.23. The minimum Gasteiger partial charge on any atom is -0.463 e. The largest absolute Gasteiger partial charge is 0.463 e.